The lowest BCUT2D eigenvalue weighted by atomic mass is 9.56. The Morgan fingerprint density at radius 1 is 0.812 bits per heavy atom. The van der Waals surface area contributed by atoms with E-state index >= 15 is 0 Å². The molecule has 0 aromatic heterocycles. The lowest BCUT2D eigenvalue weighted by Gasteiger charge is -2.62. The van der Waals surface area contributed by atoms with E-state index in [4.69, 9.17) is 5.73 Å². The van der Waals surface area contributed by atoms with E-state index in [2.05, 4.69) is 23.5 Å². The second-order valence-corrected chi connectivity index (χ2v) is 9.26. The van der Waals surface area contributed by atoms with Gasteiger partial charge in [-0.05, 0) is 55.8 Å². The fourth-order valence-corrected chi connectivity index (χ4v) is 8.67. The van der Waals surface area contributed by atoms with Crippen LogP contribution in [0.2, 0.25) is 0 Å². The first-order chi connectivity index (χ1) is 7.76. The first-order valence-electron chi connectivity index (χ1n) is 6.80. The van der Waals surface area contributed by atoms with Crippen molar-refractivity contribution in [3.05, 3.63) is 0 Å². The highest BCUT2D eigenvalue weighted by Crippen LogP contribution is 2.67. The second-order valence-electron chi connectivity index (χ2n) is 6.41. The van der Waals surface area contributed by atoms with E-state index in [9.17, 15) is 0 Å². The zero-order valence-corrected chi connectivity index (χ0v) is 11.4. The van der Waals surface area contributed by atoms with Crippen molar-refractivity contribution in [3.8, 4) is 0 Å². The Morgan fingerprint density at radius 3 is 1.81 bits per heavy atom. The van der Waals surface area contributed by atoms with Crippen molar-refractivity contribution in [1.82, 2.24) is 0 Å². The van der Waals surface area contributed by atoms with Crippen LogP contribution in [0, 0.1) is 23.7 Å². The second kappa shape index (κ2) is 3.58. The van der Waals surface area contributed by atoms with Crippen LogP contribution in [0.5, 0.6) is 0 Å². The molecule has 0 radical (unpaired) electrons. The average molecular weight is 255 g/mol. The predicted molar refractivity (Wildman–Crippen MR) is 72.7 cm³/mol. The van der Waals surface area contributed by atoms with Crippen LogP contribution >= 0.6 is 23.5 Å². The normalized spacial score (nSPS) is 59.4. The summed E-state index contributed by atoms with van der Waals surface area (Å²) in [6, 6.07) is 0.456. The predicted octanol–water partition coefficient (Wildman–Crippen LogP) is 2.95. The highest BCUT2D eigenvalue weighted by Gasteiger charge is 2.58. The standard InChI is InChI=1S/C13H21NS2/c14-12-6-15-13(16-7-12)10-2-8-1-9(4-10)5-11(13)3-8/h8-12H,1-7,14H2. The van der Waals surface area contributed by atoms with Crippen LogP contribution in [0.1, 0.15) is 32.1 Å². The minimum Gasteiger partial charge on any atom is -0.326 e. The van der Waals surface area contributed by atoms with Gasteiger partial charge in [-0.3, -0.25) is 0 Å². The fourth-order valence-electron chi connectivity index (χ4n) is 4.88. The number of rotatable bonds is 0. The van der Waals surface area contributed by atoms with Gasteiger partial charge in [0, 0.05) is 17.5 Å². The van der Waals surface area contributed by atoms with Crippen LogP contribution in [-0.2, 0) is 0 Å². The van der Waals surface area contributed by atoms with Gasteiger partial charge in [0.1, 0.15) is 0 Å². The molecule has 5 aliphatic rings. The molecule has 5 rings (SSSR count). The van der Waals surface area contributed by atoms with Crippen LogP contribution in [-0.4, -0.2) is 21.6 Å². The van der Waals surface area contributed by atoms with Crippen molar-refractivity contribution in [1.29, 1.82) is 0 Å². The molecule has 3 heteroatoms. The molecule has 1 spiro atoms. The number of nitrogens with two attached hydrogens (primary N) is 1. The Morgan fingerprint density at radius 2 is 1.31 bits per heavy atom. The molecule has 0 amide bonds. The first kappa shape index (κ1) is 10.6. The Balaban J connectivity index is 1.64. The smallest absolute Gasteiger partial charge is 0.0668 e. The van der Waals surface area contributed by atoms with Crippen molar-refractivity contribution >= 4 is 23.5 Å². The summed E-state index contributed by atoms with van der Waals surface area (Å²) < 4.78 is 0.614. The molecule has 1 heterocycles. The Hall–Kier alpha value is 0.660. The van der Waals surface area contributed by atoms with E-state index in [0.29, 0.717) is 10.1 Å². The van der Waals surface area contributed by atoms with E-state index in [-0.39, 0.29) is 0 Å². The minimum atomic E-state index is 0.456. The minimum absolute atomic E-state index is 0.456. The maximum Gasteiger partial charge on any atom is 0.0668 e. The lowest BCUT2D eigenvalue weighted by Crippen LogP contribution is -2.56. The van der Waals surface area contributed by atoms with Crippen LogP contribution in [0.15, 0.2) is 0 Å². The van der Waals surface area contributed by atoms with Crippen molar-refractivity contribution < 1.29 is 0 Å². The summed E-state index contributed by atoms with van der Waals surface area (Å²) in [5.41, 5.74) is 6.07. The molecule has 5 fully saturated rings. The van der Waals surface area contributed by atoms with Gasteiger partial charge < -0.3 is 5.73 Å². The lowest BCUT2D eigenvalue weighted by molar-refractivity contribution is 0.0151. The maximum atomic E-state index is 6.07. The monoisotopic (exact) mass is 255 g/mol. The summed E-state index contributed by atoms with van der Waals surface area (Å²) in [4.78, 5) is 0. The van der Waals surface area contributed by atoms with Gasteiger partial charge in [0.25, 0.3) is 0 Å². The third kappa shape index (κ3) is 1.37. The topological polar surface area (TPSA) is 26.0 Å². The third-order valence-corrected chi connectivity index (χ3v) is 9.45. The first-order valence-corrected chi connectivity index (χ1v) is 8.77. The summed E-state index contributed by atoms with van der Waals surface area (Å²) in [5.74, 6) is 6.71. The molecule has 1 nitrogen and oxygen atoms in total. The van der Waals surface area contributed by atoms with Gasteiger partial charge in [0.2, 0.25) is 0 Å². The van der Waals surface area contributed by atoms with Crippen molar-refractivity contribution in [2.45, 2.75) is 42.2 Å². The van der Waals surface area contributed by atoms with E-state index in [1.165, 1.54) is 11.5 Å². The summed E-state index contributed by atoms with van der Waals surface area (Å²) >= 11 is 4.49. The molecular weight excluding hydrogens is 234 g/mol. The van der Waals surface area contributed by atoms with Crippen LogP contribution < -0.4 is 5.73 Å². The SMILES string of the molecule is NC1CSC2(SC1)C1CC3CC(C1)CC2C3. The molecule has 0 atom stereocenters. The molecule has 0 aromatic rings. The quantitative estimate of drug-likeness (QED) is 0.721. The summed E-state index contributed by atoms with van der Waals surface area (Å²) in [7, 11) is 0. The van der Waals surface area contributed by atoms with Gasteiger partial charge in [-0.25, -0.2) is 0 Å². The van der Waals surface area contributed by atoms with Crippen LogP contribution in [0.25, 0.3) is 0 Å². The van der Waals surface area contributed by atoms with E-state index in [0.717, 1.165) is 23.7 Å². The number of thioether (sulfide) groups is 2. The molecule has 1 saturated heterocycles. The largest absolute Gasteiger partial charge is 0.326 e. The zero-order chi connectivity index (χ0) is 10.8. The molecule has 1 aliphatic heterocycles. The number of hydrogen-bond donors (Lipinski definition) is 1. The van der Waals surface area contributed by atoms with Crippen LogP contribution in [0.3, 0.4) is 0 Å². The third-order valence-electron chi connectivity index (χ3n) is 5.32. The van der Waals surface area contributed by atoms with Gasteiger partial charge in [-0.2, -0.15) is 0 Å². The molecule has 16 heavy (non-hydrogen) atoms. The Kier molecular flexibility index (Phi) is 2.37. The summed E-state index contributed by atoms with van der Waals surface area (Å²) in [6.07, 6.45) is 7.74. The molecule has 90 valence electrons. The molecule has 4 aliphatic carbocycles. The molecule has 4 saturated carbocycles. The van der Waals surface area contributed by atoms with E-state index in [1.807, 2.05) is 0 Å². The van der Waals surface area contributed by atoms with Gasteiger partial charge in [0.05, 0.1) is 4.08 Å². The van der Waals surface area contributed by atoms with Gasteiger partial charge in [0.15, 0.2) is 0 Å². The van der Waals surface area contributed by atoms with Crippen molar-refractivity contribution in [2.75, 3.05) is 11.5 Å². The molecule has 0 aromatic carbocycles. The Labute approximate surface area is 107 Å². The summed E-state index contributed by atoms with van der Waals surface area (Å²) in [6.45, 7) is 0. The van der Waals surface area contributed by atoms with Gasteiger partial charge in [-0.15, -0.1) is 23.5 Å². The molecule has 2 N–H and O–H groups in total. The maximum absolute atomic E-state index is 6.07. The molecular formula is C13H21NS2. The van der Waals surface area contributed by atoms with E-state index in [1.54, 1.807) is 32.1 Å². The zero-order valence-electron chi connectivity index (χ0n) is 9.73. The van der Waals surface area contributed by atoms with Crippen molar-refractivity contribution in [3.63, 3.8) is 0 Å². The number of hydrogen-bond acceptors (Lipinski definition) is 3. The van der Waals surface area contributed by atoms with Crippen LogP contribution in [0.4, 0.5) is 0 Å². The van der Waals surface area contributed by atoms with Gasteiger partial charge >= 0.3 is 0 Å². The molecule has 0 unspecified atom stereocenters. The van der Waals surface area contributed by atoms with E-state index < -0.39 is 0 Å². The van der Waals surface area contributed by atoms with Crippen molar-refractivity contribution in [2.24, 2.45) is 29.4 Å². The summed E-state index contributed by atoms with van der Waals surface area (Å²) in [5, 5.41) is 0. The molecule has 4 bridgehead atoms. The highest BCUT2D eigenvalue weighted by molar-refractivity contribution is 8.18. The Bertz CT molecular complexity index is 266. The fraction of sp³-hybridized carbons (Fsp3) is 1.00. The highest BCUT2D eigenvalue weighted by atomic mass is 32.2. The average Bonchev–Trinajstić information content (AvgIpc) is 2.27. The van der Waals surface area contributed by atoms with Gasteiger partial charge in [-0.1, -0.05) is 0 Å².